The van der Waals surface area contributed by atoms with E-state index in [-0.39, 0.29) is 11.3 Å². The van der Waals surface area contributed by atoms with Crippen LogP contribution in [0, 0.1) is 5.92 Å². The molecule has 0 heterocycles. The molecule has 4 rings (SSSR count). The van der Waals surface area contributed by atoms with E-state index in [2.05, 4.69) is 4.72 Å². The number of hydrogen-bond donors (Lipinski definition) is 2. The van der Waals surface area contributed by atoms with Gasteiger partial charge in [-0.1, -0.05) is 60.7 Å². The number of amides is 2. The summed E-state index contributed by atoms with van der Waals surface area (Å²) in [6, 6.07) is 27.7. The van der Waals surface area contributed by atoms with Gasteiger partial charge in [0.25, 0.3) is 10.0 Å². The molecule has 36 heavy (non-hydrogen) atoms. The van der Waals surface area contributed by atoms with Crippen molar-refractivity contribution >= 4 is 44.0 Å². The molecule has 1 atom stereocenters. The summed E-state index contributed by atoms with van der Waals surface area (Å²) in [6.45, 7) is 2.11. The van der Waals surface area contributed by atoms with Gasteiger partial charge in [-0.05, 0) is 66.1 Å². The first kappa shape index (κ1) is 24.9. The first-order valence-corrected chi connectivity index (χ1v) is 13.0. The summed E-state index contributed by atoms with van der Waals surface area (Å²) in [5.41, 5.74) is 7.63. The molecule has 7 nitrogen and oxygen atoms in total. The number of nitrogens with zero attached hydrogens (tertiary/aromatic N) is 1. The van der Waals surface area contributed by atoms with E-state index in [0.717, 1.165) is 10.8 Å². The van der Waals surface area contributed by atoms with Gasteiger partial charge in [0.05, 0.1) is 4.90 Å². The van der Waals surface area contributed by atoms with E-state index in [4.69, 9.17) is 5.73 Å². The Kier molecular flexibility index (Phi) is 7.36. The fourth-order valence-electron chi connectivity index (χ4n) is 4.04. The molecule has 0 radical (unpaired) electrons. The smallest absolute Gasteiger partial charge is 0.264 e. The van der Waals surface area contributed by atoms with Gasteiger partial charge < -0.3 is 10.6 Å². The van der Waals surface area contributed by atoms with Gasteiger partial charge in [-0.25, -0.2) is 13.1 Å². The van der Waals surface area contributed by atoms with Crippen molar-refractivity contribution in [2.75, 3.05) is 17.2 Å². The van der Waals surface area contributed by atoms with Gasteiger partial charge in [-0.3, -0.25) is 9.59 Å². The largest absolute Gasteiger partial charge is 0.399 e. The molecule has 0 aliphatic rings. The van der Waals surface area contributed by atoms with Crippen LogP contribution in [0.15, 0.2) is 102 Å². The van der Waals surface area contributed by atoms with Crippen LogP contribution in [-0.2, 0) is 26.0 Å². The summed E-state index contributed by atoms with van der Waals surface area (Å²) in [6.07, 6.45) is 0.0154. The highest BCUT2D eigenvalue weighted by atomic mass is 32.2. The van der Waals surface area contributed by atoms with E-state index in [1.165, 1.54) is 17.0 Å². The van der Waals surface area contributed by atoms with Crippen molar-refractivity contribution in [2.24, 2.45) is 5.92 Å². The summed E-state index contributed by atoms with van der Waals surface area (Å²) in [5.74, 6) is -2.66. The monoisotopic (exact) mass is 501 g/mol. The number of anilines is 2. The van der Waals surface area contributed by atoms with Crippen molar-refractivity contribution in [3.63, 3.8) is 0 Å². The second kappa shape index (κ2) is 10.6. The third kappa shape index (κ3) is 5.55. The molecule has 4 aromatic carbocycles. The lowest BCUT2D eigenvalue weighted by Crippen LogP contribution is -2.46. The van der Waals surface area contributed by atoms with Gasteiger partial charge in [-0.2, -0.15) is 0 Å². The van der Waals surface area contributed by atoms with Crippen molar-refractivity contribution in [3.8, 4) is 0 Å². The van der Waals surface area contributed by atoms with Crippen molar-refractivity contribution < 1.29 is 18.0 Å². The average molecular weight is 502 g/mol. The van der Waals surface area contributed by atoms with E-state index < -0.39 is 27.8 Å². The second-order valence-corrected chi connectivity index (χ2v) is 10.1. The highest BCUT2D eigenvalue weighted by Crippen LogP contribution is 2.22. The first-order chi connectivity index (χ1) is 17.3. The highest BCUT2D eigenvalue weighted by Gasteiger charge is 2.34. The van der Waals surface area contributed by atoms with Crippen molar-refractivity contribution in [3.05, 3.63) is 103 Å². The molecule has 1 unspecified atom stereocenters. The van der Waals surface area contributed by atoms with Gasteiger partial charge >= 0.3 is 0 Å². The van der Waals surface area contributed by atoms with Gasteiger partial charge in [0.15, 0.2) is 0 Å². The molecule has 184 valence electrons. The van der Waals surface area contributed by atoms with Crippen LogP contribution in [-0.4, -0.2) is 26.8 Å². The Morgan fingerprint density at radius 1 is 0.861 bits per heavy atom. The van der Waals surface area contributed by atoms with Gasteiger partial charge in [-0.15, -0.1) is 0 Å². The van der Waals surface area contributed by atoms with Crippen LogP contribution in [0.1, 0.15) is 12.5 Å². The topological polar surface area (TPSA) is 110 Å². The lowest BCUT2D eigenvalue weighted by molar-refractivity contribution is -0.132. The summed E-state index contributed by atoms with van der Waals surface area (Å²) in [7, 11) is -4.22. The van der Waals surface area contributed by atoms with Crippen LogP contribution < -0.4 is 15.4 Å². The Morgan fingerprint density at radius 2 is 1.50 bits per heavy atom. The molecule has 3 N–H and O–H groups in total. The Labute approximate surface area is 210 Å². The molecule has 0 bridgehead atoms. The van der Waals surface area contributed by atoms with Gasteiger partial charge in [0.2, 0.25) is 11.8 Å². The number of nitrogens with one attached hydrogen (secondary N) is 1. The first-order valence-electron chi connectivity index (χ1n) is 11.5. The maximum Gasteiger partial charge on any atom is 0.264 e. The average Bonchev–Trinajstić information content (AvgIpc) is 2.88. The van der Waals surface area contributed by atoms with Crippen LogP contribution in [0.25, 0.3) is 10.8 Å². The third-order valence-electron chi connectivity index (χ3n) is 5.95. The third-order valence-corrected chi connectivity index (χ3v) is 7.29. The Hall–Kier alpha value is -4.17. The maximum atomic E-state index is 13.6. The molecule has 0 spiro atoms. The number of carbonyl (C=O) groups excluding carboxylic acids is 2. The van der Waals surface area contributed by atoms with Gasteiger partial charge in [0, 0.05) is 17.9 Å². The number of carbonyl (C=O) groups is 2. The fourth-order valence-corrected chi connectivity index (χ4v) is 5.09. The minimum Gasteiger partial charge on any atom is -0.399 e. The molecular weight excluding hydrogens is 474 g/mol. The lowest BCUT2D eigenvalue weighted by Gasteiger charge is -2.26. The zero-order valence-corrected chi connectivity index (χ0v) is 20.6. The minimum absolute atomic E-state index is 0.0154. The summed E-state index contributed by atoms with van der Waals surface area (Å²) in [4.78, 5) is 28.5. The van der Waals surface area contributed by atoms with Crippen LogP contribution in [0.2, 0.25) is 0 Å². The Bertz CT molecular complexity index is 1490. The molecule has 0 saturated carbocycles. The number of benzene rings is 4. The number of fused-ring (bicyclic) bond motifs is 1. The number of para-hydroxylation sites is 1. The summed E-state index contributed by atoms with van der Waals surface area (Å²) in [5, 5.41) is 1.60. The van der Waals surface area contributed by atoms with E-state index in [9.17, 15) is 18.0 Å². The molecular formula is C28H27N3O4S. The molecule has 0 saturated heterocycles. The van der Waals surface area contributed by atoms with Crippen LogP contribution >= 0.6 is 0 Å². The standard InChI is InChI=1S/C28H27N3O4S/c1-2-31(24-10-4-3-5-11-24)28(33)26(18-20-12-15-23(29)16-13-20)27(32)30-36(34,35)25-17-14-21-8-6-7-9-22(21)19-25/h3-17,19,26H,2,18,29H2,1H3,(H,30,32). The molecule has 0 aliphatic carbocycles. The fraction of sp³-hybridized carbons (Fsp3) is 0.143. The predicted octanol–water partition coefficient (Wildman–Crippen LogP) is 4.14. The molecule has 2 amide bonds. The highest BCUT2D eigenvalue weighted by molar-refractivity contribution is 7.90. The van der Waals surface area contributed by atoms with E-state index in [1.54, 1.807) is 67.6 Å². The van der Waals surface area contributed by atoms with Crippen molar-refractivity contribution in [1.82, 2.24) is 4.72 Å². The zero-order valence-electron chi connectivity index (χ0n) is 19.8. The summed E-state index contributed by atoms with van der Waals surface area (Å²) >= 11 is 0. The number of sulfonamides is 1. The zero-order chi connectivity index (χ0) is 25.7. The van der Waals surface area contributed by atoms with Crippen LogP contribution in [0.3, 0.4) is 0 Å². The number of rotatable bonds is 8. The molecule has 8 heteroatoms. The van der Waals surface area contributed by atoms with E-state index in [0.29, 0.717) is 23.5 Å². The lowest BCUT2D eigenvalue weighted by atomic mass is 9.96. The quantitative estimate of drug-likeness (QED) is 0.279. The van der Waals surface area contributed by atoms with Crippen LogP contribution in [0.4, 0.5) is 11.4 Å². The molecule has 0 aliphatic heterocycles. The van der Waals surface area contributed by atoms with Crippen LogP contribution in [0.5, 0.6) is 0 Å². The normalized spacial score (nSPS) is 12.1. The number of nitrogen functional groups attached to an aromatic ring is 1. The number of nitrogens with two attached hydrogens (primary N) is 1. The molecule has 0 aromatic heterocycles. The maximum absolute atomic E-state index is 13.6. The number of hydrogen-bond acceptors (Lipinski definition) is 5. The molecule has 0 fully saturated rings. The Balaban J connectivity index is 1.66. The van der Waals surface area contributed by atoms with Crippen molar-refractivity contribution in [1.29, 1.82) is 0 Å². The SMILES string of the molecule is CCN(C(=O)C(Cc1ccc(N)cc1)C(=O)NS(=O)(=O)c1ccc2ccccc2c1)c1ccccc1. The van der Waals surface area contributed by atoms with Gasteiger partial charge in [0.1, 0.15) is 5.92 Å². The van der Waals surface area contributed by atoms with Crippen molar-refractivity contribution in [2.45, 2.75) is 18.2 Å². The minimum atomic E-state index is -4.22. The summed E-state index contributed by atoms with van der Waals surface area (Å²) < 4.78 is 28.4. The predicted molar refractivity (Wildman–Crippen MR) is 142 cm³/mol. The Morgan fingerprint density at radius 3 is 2.17 bits per heavy atom. The van der Waals surface area contributed by atoms with E-state index >= 15 is 0 Å². The van der Waals surface area contributed by atoms with E-state index in [1.807, 2.05) is 24.3 Å². The second-order valence-electron chi connectivity index (χ2n) is 8.40. The molecule has 4 aromatic rings.